The van der Waals surface area contributed by atoms with Gasteiger partial charge in [-0.3, -0.25) is 0 Å². The molecule has 0 radical (unpaired) electrons. The minimum absolute atomic E-state index is 0.979. The fourth-order valence-corrected chi connectivity index (χ4v) is 1.50. The van der Waals surface area contributed by atoms with Gasteiger partial charge in [-0.2, -0.15) is 12.6 Å². The van der Waals surface area contributed by atoms with E-state index in [1.54, 1.807) is 0 Å². The van der Waals surface area contributed by atoms with Crippen LogP contribution in [0, 0.1) is 0 Å². The van der Waals surface area contributed by atoms with Crippen molar-refractivity contribution in [1.82, 2.24) is 0 Å². The molecule has 0 N–H and O–H groups in total. The van der Waals surface area contributed by atoms with E-state index in [1.807, 2.05) is 0 Å². The average molecular weight is 200 g/mol. The Balaban J connectivity index is 2.91. The predicted molar refractivity (Wildman–Crippen MR) is 65.6 cm³/mol. The van der Waals surface area contributed by atoms with Gasteiger partial charge in [0.1, 0.15) is 0 Å². The minimum Gasteiger partial charge on any atom is -0.179 e. The number of thiol groups is 1. The minimum atomic E-state index is 0.979. The highest BCUT2D eigenvalue weighted by molar-refractivity contribution is 7.80. The highest BCUT2D eigenvalue weighted by Gasteiger charge is 1.87. The standard InChI is InChI=1S/C12H24S/c1-2-3-4-5-6-7-8-9-10-11-12-13/h9-10,13H,2-8,11-12H2,1H3. The molecule has 0 unspecified atom stereocenters. The van der Waals surface area contributed by atoms with Gasteiger partial charge in [-0.25, -0.2) is 0 Å². The lowest BCUT2D eigenvalue weighted by Crippen LogP contribution is -1.77. The summed E-state index contributed by atoms with van der Waals surface area (Å²) in [6.45, 7) is 2.26. The lowest BCUT2D eigenvalue weighted by atomic mass is 10.1. The van der Waals surface area contributed by atoms with E-state index in [2.05, 4.69) is 31.7 Å². The molecule has 0 rings (SSSR count). The number of allylic oxidation sites excluding steroid dienone is 2. The monoisotopic (exact) mass is 200 g/mol. The third-order valence-electron chi connectivity index (χ3n) is 2.19. The number of hydrogen-bond acceptors (Lipinski definition) is 1. The predicted octanol–water partition coefficient (Wildman–Crippen LogP) is 4.61. The van der Waals surface area contributed by atoms with Crippen molar-refractivity contribution in [3.05, 3.63) is 12.2 Å². The maximum absolute atomic E-state index is 4.15. The van der Waals surface area contributed by atoms with Gasteiger partial charge in [0.25, 0.3) is 0 Å². The molecule has 0 spiro atoms. The Bertz CT molecular complexity index is 108. The van der Waals surface area contributed by atoms with E-state index < -0.39 is 0 Å². The van der Waals surface area contributed by atoms with Crippen molar-refractivity contribution < 1.29 is 0 Å². The van der Waals surface area contributed by atoms with Crippen molar-refractivity contribution in [2.45, 2.75) is 58.3 Å². The van der Waals surface area contributed by atoms with Gasteiger partial charge in [0.15, 0.2) is 0 Å². The zero-order chi connectivity index (χ0) is 9.78. The van der Waals surface area contributed by atoms with Gasteiger partial charge in [-0.1, -0.05) is 51.2 Å². The molecular weight excluding hydrogens is 176 g/mol. The SMILES string of the molecule is CCCCCCCCC=CCCS. The molecule has 78 valence electrons. The molecule has 0 saturated heterocycles. The number of unbranched alkanes of at least 4 members (excludes halogenated alkanes) is 6. The first-order chi connectivity index (χ1) is 6.41. The summed E-state index contributed by atoms with van der Waals surface area (Å²) >= 11 is 4.15. The van der Waals surface area contributed by atoms with E-state index in [-0.39, 0.29) is 0 Å². The molecule has 0 atom stereocenters. The van der Waals surface area contributed by atoms with E-state index in [0.717, 1.165) is 12.2 Å². The quantitative estimate of drug-likeness (QED) is 0.313. The van der Waals surface area contributed by atoms with E-state index >= 15 is 0 Å². The second-order valence-electron chi connectivity index (χ2n) is 3.54. The first-order valence-electron chi connectivity index (χ1n) is 5.67. The molecule has 0 aromatic carbocycles. The van der Waals surface area contributed by atoms with Crippen molar-refractivity contribution in [3.63, 3.8) is 0 Å². The van der Waals surface area contributed by atoms with Gasteiger partial charge in [0.05, 0.1) is 0 Å². The third kappa shape index (κ3) is 12.1. The zero-order valence-corrected chi connectivity index (χ0v) is 9.86. The zero-order valence-electron chi connectivity index (χ0n) is 8.97. The summed E-state index contributed by atoms with van der Waals surface area (Å²) in [5.41, 5.74) is 0. The lowest BCUT2D eigenvalue weighted by Gasteiger charge is -1.97. The van der Waals surface area contributed by atoms with Crippen LogP contribution in [-0.2, 0) is 0 Å². The summed E-state index contributed by atoms with van der Waals surface area (Å²) in [5.74, 6) is 0.979. The van der Waals surface area contributed by atoms with Crippen molar-refractivity contribution in [2.75, 3.05) is 5.75 Å². The molecule has 1 heteroatoms. The molecule has 0 aliphatic rings. The summed E-state index contributed by atoms with van der Waals surface area (Å²) < 4.78 is 0. The van der Waals surface area contributed by atoms with Gasteiger partial charge < -0.3 is 0 Å². The summed E-state index contributed by atoms with van der Waals surface area (Å²) in [7, 11) is 0. The maximum atomic E-state index is 4.15. The Morgan fingerprint density at radius 2 is 1.46 bits per heavy atom. The van der Waals surface area contributed by atoms with Gasteiger partial charge in [0.2, 0.25) is 0 Å². The Labute approximate surface area is 89.2 Å². The van der Waals surface area contributed by atoms with Gasteiger partial charge in [-0.05, 0) is 25.0 Å². The first-order valence-corrected chi connectivity index (χ1v) is 6.31. The van der Waals surface area contributed by atoms with Crippen molar-refractivity contribution >= 4 is 12.6 Å². The summed E-state index contributed by atoms with van der Waals surface area (Å²) in [6, 6.07) is 0. The van der Waals surface area contributed by atoms with E-state index in [9.17, 15) is 0 Å². The van der Waals surface area contributed by atoms with Crippen LogP contribution in [0.4, 0.5) is 0 Å². The normalized spacial score (nSPS) is 11.2. The lowest BCUT2D eigenvalue weighted by molar-refractivity contribution is 0.611. The van der Waals surface area contributed by atoms with Crippen LogP contribution in [0.15, 0.2) is 12.2 Å². The van der Waals surface area contributed by atoms with Crippen LogP contribution in [0.25, 0.3) is 0 Å². The van der Waals surface area contributed by atoms with E-state index in [4.69, 9.17) is 0 Å². The van der Waals surface area contributed by atoms with Crippen LogP contribution in [0.5, 0.6) is 0 Å². The van der Waals surface area contributed by atoms with Gasteiger partial charge >= 0.3 is 0 Å². The maximum Gasteiger partial charge on any atom is -0.00633 e. The van der Waals surface area contributed by atoms with Gasteiger partial charge in [-0.15, -0.1) is 0 Å². The fraction of sp³-hybridized carbons (Fsp3) is 0.833. The summed E-state index contributed by atoms with van der Waals surface area (Å²) in [4.78, 5) is 0. The molecule has 0 aromatic rings. The molecule has 0 heterocycles. The van der Waals surface area contributed by atoms with Crippen LogP contribution in [0.1, 0.15) is 58.3 Å². The molecule has 0 aliphatic carbocycles. The van der Waals surface area contributed by atoms with Crippen molar-refractivity contribution in [1.29, 1.82) is 0 Å². The Morgan fingerprint density at radius 1 is 0.846 bits per heavy atom. The Kier molecular flexibility index (Phi) is 12.2. The Morgan fingerprint density at radius 3 is 2.15 bits per heavy atom. The van der Waals surface area contributed by atoms with Crippen LogP contribution in [0.2, 0.25) is 0 Å². The molecule has 0 nitrogen and oxygen atoms in total. The topological polar surface area (TPSA) is 0 Å². The Hall–Kier alpha value is 0.0900. The average Bonchev–Trinajstić information content (AvgIpc) is 2.16. The largest absolute Gasteiger partial charge is 0.179 e. The van der Waals surface area contributed by atoms with E-state index in [1.165, 1.54) is 44.9 Å². The van der Waals surface area contributed by atoms with Gasteiger partial charge in [0, 0.05) is 0 Å². The molecule has 0 aromatic heterocycles. The molecule has 0 fully saturated rings. The van der Waals surface area contributed by atoms with Crippen molar-refractivity contribution in [3.8, 4) is 0 Å². The van der Waals surface area contributed by atoms with Crippen LogP contribution in [-0.4, -0.2) is 5.75 Å². The molecule has 13 heavy (non-hydrogen) atoms. The molecule has 0 aliphatic heterocycles. The first kappa shape index (κ1) is 13.1. The van der Waals surface area contributed by atoms with Crippen molar-refractivity contribution in [2.24, 2.45) is 0 Å². The molecule has 0 bridgehead atoms. The second kappa shape index (κ2) is 12.1. The third-order valence-corrected chi connectivity index (χ3v) is 2.44. The van der Waals surface area contributed by atoms with E-state index in [0.29, 0.717) is 0 Å². The highest BCUT2D eigenvalue weighted by atomic mass is 32.1. The smallest absolute Gasteiger partial charge is 0.00633 e. The summed E-state index contributed by atoms with van der Waals surface area (Å²) in [6.07, 6.45) is 15.3. The van der Waals surface area contributed by atoms with Crippen LogP contribution < -0.4 is 0 Å². The van der Waals surface area contributed by atoms with Crippen LogP contribution >= 0.6 is 12.6 Å². The molecular formula is C12H24S. The molecule has 0 saturated carbocycles. The summed E-state index contributed by atoms with van der Waals surface area (Å²) in [5, 5.41) is 0. The highest BCUT2D eigenvalue weighted by Crippen LogP contribution is 2.07. The fourth-order valence-electron chi connectivity index (χ4n) is 1.35. The molecule has 0 amide bonds. The number of hydrogen-bond donors (Lipinski definition) is 1. The number of rotatable bonds is 9. The second-order valence-corrected chi connectivity index (χ2v) is 3.99. The van der Waals surface area contributed by atoms with Crippen LogP contribution in [0.3, 0.4) is 0 Å².